The van der Waals surface area contributed by atoms with E-state index in [1.54, 1.807) is 13.0 Å². The van der Waals surface area contributed by atoms with Crippen molar-refractivity contribution in [1.82, 2.24) is 4.72 Å². The van der Waals surface area contributed by atoms with Crippen molar-refractivity contribution in [3.8, 4) is 5.75 Å². The molecule has 0 saturated carbocycles. The lowest BCUT2D eigenvalue weighted by atomic mass is 10.3. The first-order valence-electron chi connectivity index (χ1n) is 5.39. The Bertz CT molecular complexity index is 448. The fraction of sp³-hybridized carbons (Fsp3) is 0.455. The minimum absolute atomic E-state index is 0.104. The van der Waals surface area contributed by atoms with Crippen LogP contribution in [0.5, 0.6) is 5.75 Å². The van der Waals surface area contributed by atoms with Crippen molar-refractivity contribution in [2.75, 3.05) is 18.9 Å². The van der Waals surface area contributed by atoms with Crippen LogP contribution in [-0.4, -0.2) is 27.3 Å². The minimum Gasteiger partial charge on any atom is -0.492 e. The van der Waals surface area contributed by atoms with Crippen LogP contribution in [0.4, 0.5) is 4.39 Å². The van der Waals surface area contributed by atoms with E-state index in [2.05, 4.69) is 4.72 Å². The summed E-state index contributed by atoms with van der Waals surface area (Å²) in [5.41, 5.74) is 0. The largest absolute Gasteiger partial charge is 0.492 e. The number of rotatable bonds is 7. The van der Waals surface area contributed by atoms with Crippen LogP contribution >= 0.6 is 0 Å². The zero-order chi connectivity index (χ0) is 12.7. The SMILES string of the molecule is CCCS(=O)(=O)NCCOc1cccc(F)c1. The molecule has 0 aromatic heterocycles. The van der Waals surface area contributed by atoms with Crippen LogP contribution in [0.1, 0.15) is 13.3 Å². The summed E-state index contributed by atoms with van der Waals surface area (Å²) in [6.45, 7) is 2.15. The van der Waals surface area contributed by atoms with E-state index >= 15 is 0 Å². The number of nitrogens with one attached hydrogen (secondary N) is 1. The molecular weight excluding hydrogens is 245 g/mol. The third kappa shape index (κ3) is 5.65. The molecule has 0 saturated heterocycles. The molecule has 0 heterocycles. The maximum absolute atomic E-state index is 12.8. The van der Waals surface area contributed by atoms with E-state index in [-0.39, 0.29) is 24.7 Å². The third-order valence-corrected chi connectivity index (χ3v) is 3.55. The van der Waals surface area contributed by atoms with Gasteiger partial charge >= 0.3 is 0 Å². The van der Waals surface area contributed by atoms with Gasteiger partial charge in [-0.05, 0) is 18.6 Å². The highest BCUT2D eigenvalue weighted by atomic mass is 32.2. The predicted octanol–water partition coefficient (Wildman–Crippen LogP) is 1.53. The van der Waals surface area contributed by atoms with Crippen LogP contribution in [0.3, 0.4) is 0 Å². The molecule has 0 aliphatic heterocycles. The fourth-order valence-electron chi connectivity index (χ4n) is 1.26. The first kappa shape index (κ1) is 13.9. The number of ether oxygens (including phenoxy) is 1. The van der Waals surface area contributed by atoms with Gasteiger partial charge in [-0.15, -0.1) is 0 Å². The molecule has 0 radical (unpaired) electrons. The number of hydrogen-bond donors (Lipinski definition) is 1. The normalized spacial score (nSPS) is 11.4. The summed E-state index contributed by atoms with van der Waals surface area (Å²) in [6.07, 6.45) is 0.570. The number of halogens is 1. The second-order valence-electron chi connectivity index (χ2n) is 3.52. The van der Waals surface area contributed by atoms with Crippen molar-refractivity contribution < 1.29 is 17.5 Å². The van der Waals surface area contributed by atoms with Crippen LogP contribution in [-0.2, 0) is 10.0 Å². The van der Waals surface area contributed by atoms with Gasteiger partial charge in [0.2, 0.25) is 10.0 Å². The van der Waals surface area contributed by atoms with Gasteiger partial charge in [0.1, 0.15) is 18.2 Å². The summed E-state index contributed by atoms with van der Waals surface area (Å²) in [4.78, 5) is 0. The van der Waals surface area contributed by atoms with Crippen LogP contribution in [0, 0.1) is 5.82 Å². The molecule has 0 amide bonds. The van der Waals surface area contributed by atoms with E-state index in [9.17, 15) is 12.8 Å². The molecule has 1 rings (SSSR count). The van der Waals surface area contributed by atoms with Gasteiger partial charge in [0.25, 0.3) is 0 Å². The highest BCUT2D eigenvalue weighted by molar-refractivity contribution is 7.89. The molecule has 0 spiro atoms. The van der Waals surface area contributed by atoms with Crippen LogP contribution < -0.4 is 9.46 Å². The van der Waals surface area contributed by atoms with Crippen molar-refractivity contribution in [1.29, 1.82) is 0 Å². The molecular formula is C11H16FNO3S. The van der Waals surface area contributed by atoms with Crippen molar-refractivity contribution in [3.05, 3.63) is 30.1 Å². The molecule has 0 aliphatic carbocycles. The zero-order valence-electron chi connectivity index (χ0n) is 9.65. The van der Waals surface area contributed by atoms with Crippen LogP contribution in [0.15, 0.2) is 24.3 Å². The number of benzene rings is 1. The lowest BCUT2D eigenvalue weighted by molar-refractivity contribution is 0.321. The Kier molecular flexibility index (Phi) is 5.37. The predicted molar refractivity (Wildman–Crippen MR) is 64.0 cm³/mol. The Hall–Kier alpha value is -1.14. The monoisotopic (exact) mass is 261 g/mol. The van der Waals surface area contributed by atoms with Gasteiger partial charge in [0, 0.05) is 12.6 Å². The summed E-state index contributed by atoms with van der Waals surface area (Å²) < 4.78 is 42.9. The summed E-state index contributed by atoms with van der Waals surface area (Å²) in [7, 11) is -3.20. The van der Waals surface area contributed by atoms with Crippen LogP contribution in [0.2, 0.25) is 0 Å². The highest BCUT2D eigenvalue weighted by Gasteiger charge is 2.07. The zero-order valence-corrected chi connectivity index (χ0v) is 10.5. The topological polar surface area (TPSA) is 55.4 Å². The van der Waals surface area contributed by atoms with Gasteiger partial charge < -0.3 is 4.74 Å². The minimum atomic E-state index is -3.20. The Balaban J connectivity index is 2.29. The Labute approximate surface area is 101 Å². The second-order valence-corrected chi connectivity index (χ2v) is 5.45. The van der Waals surface area contributed by atoms with E-state index in [0.29, 0.717) is 12.2 Å². The first-order valence-corrected chi connectivity index (χ1v) is 7.04. The van der Waals surface area contributed by atoms with Crippen molar-refractivity contribution >= 4 is 10.0 Å². The van der Waals surface area contributed by atoms with E-state index in [0.717, 1.165) is 0 Å². The maximum atomic E-state index is 12.8. The molecule has 96 valence electrons. The summed E-state index contributed by atoms with van der Waals surface area (Å²) in [5, 5.41) is 0. The molecule has 1 aromatic carbocycles. The number of hydrogen-bond acceptors (Lipinski definition) is 3. The first-order chi connectivity index (χ1) is 8.03. The van der Waals surface area contributed by atoms with E-state index < -0.39 is 10.0 Å². The molecule has 1 N–H and O–H groups in total. The van der Waals surface area contributed by atoms with Gasteiger partial charge in [0.05, 0.1) is 5.75 Å². The summed E-state index contributed by atoms with van der Waals surface area (Å²) >= 11 is 0. The molecule has 0 aliphatic rings. The smallest absolute Gasteiger partial charge is 0.211 e. The quantitative estimate of drug-likeness (QED) is 0.757. The van der Waals surface area contributed by atoms with Gasteiger partial charge in [-0.3, -0.25) is 0 Å². The lowest BCUT2D eigenvalue weighted by Crippen LogP contribution is -2.30. The van der Waals surface area contributed by atoms with Crippen LogP contribution in [0.25, 0.3) is 0 Å². The van der Waals surface area contributed by atoms with Crippen molar-refractivity contribution in [3.63, 3.8) is 0 Å². The second kappa shape index (κ2) is 6.56. The molecule has 0 atom stereocenters. The molecule has 1 aromatic rings. The van der Waals surface area contributed by atoms with Gasteiger partial charge in [0.15, 0.2) is 0 Å². The van der Waals surface area contributed by atoms with Gasteiger partial charge in [-0.2, -0.15) is 0 Å². The molecule has 0 bridgehead atoms. The third-order valence-electron chi connectivity index (χ3n) is 1.96. The standard InChI is InChI=1S/C11H16FNO3S/c1-2-8-17(14,15)13-6-7-16-11-5-3-4-10(12)9-11/h3-5,9,13H,2,6-8H2,1H3. The molecule has 17 heavy (non-hydrogen) atoms. The summed E-state index contributed by atoms with van der Waals surface area (Å²) in [5.74, 6) is 0.112. The van der Waals surface area contributed by atoms with E-state index in [4.69, 9.17) is 4.74 Å². The molecule has 4 nitrogen and oxygen atoms in total. The van der Waals surface area contributed by atoms with Crippen molar-refractivity contribution in [2.24, 2.45) is 0 Å². The van der Waals surface area contributed by atoms with E-state index in [1.165, 1.54) is 18.2 Å². The van der Waals surface area contributed by atoms with E-state index in [1.807, 2.05) is 0 Å². The Morgan fingerprint density at radius 1 is 1.41 bits per heavy atom. The van der Waals surface area contributed by atoms with Gasteiger partial charge in [-0.1, -0.05) is 13.0 Å². The molecule has 6 heteroatoms. The average molecular weight is 261 g/mol. The Morgan fingerprint density at radius 2 is 2.18 bits per heavy atom. The highest BCUT2D eigenvalue weighted by Crippen LogP contribution is 2.11. The number of sulfonamides is 1. The summed E-state index contributed by atoms with van der Waals surface area (Å²) in [6, 6.07) is 5.72. The van der Waals surface area contributed by atoms with Crippen molar-refractivity contribution in [2.45, 2.75) is 13.3 Å². The maximum Gasteiger partial charge on any atom is 0.211 e. The molecule has 0 fully saturated rings. The fourth-order valence-corrected chi connectivity index (χ4v) is 2.34. The van der Waals surface area contributed by atoms with Gasteiger partial charge in [-0.25, -0.2) is 17.5 Å². The molecule has 0 unspecified atom stereocenters. The Morgan fingerprint density at radius 3 is 2.82 bits per heavy atom. The average Bonchev–Trinajstić information content (AvgIpc) is 2.24. The lowest BCUT2D eigenvalue weighted by Gasteiger charge is -2.07.